The summed E-state index contributed by atoms with van der Waals surface area (Å²) in [5, 5.41) is 0.416. The summed E-state index contributed by atoms with van der Waals surface area (Å²) in [6, 6.07) is 30.5. The highest BCUT2D eigenvalue weighted by Crippen LogP contribution is 2.56. The average Bonchev–Trinajstić information content (AvgIpc) is 2.97. The first-order valence-electron chi connectivity index (χ1n) is 9.13. The van der Waals surface area contributed by atoms with Gasteiger partial charge in [0.25, 0.3) is 0 Å². The van der Waals surface area contributed by atoms with Crippen LogP contribution in [0.4, 0.5) is 0 Å². The normalized spacial score (nSPS) is 16.0. The Kier molecular flexibility index (Phi) is 5.52. The predicted octanol–water partition coefficient (Wildman–Crippen LogP) is 7.84. The Bertz CT molecular complexity index is 898. The highest BCUT2D eigenvalue weighted by atomic mass is 32.2. The summed E-state index contributed by atoms with van der Waals surface area (Å²) in [6.45, 7) is 2.28. The molecular formula is C24H22S2. The van der Waals surface area contributed by atoms with Crippen LogP contribution in [0.3, 0.4) is 0 Å². The first-order valence-corrected chi connectivity index (χ1v) is 10.8. The molecule has 2 heteroatoms. The lowest BCUT2D eigenvalue weighted by atomic mass is 10.1. The van der Waals surface area contributed by atoms with E-state index in [4.69, 9.17) is 0 Å². The molecule has 0 aromatic heterocycles. The highest BCUT2D eigenvalue weighted by Gasteiger charge is 2.31. The number of benzene rings is 3. The Labute approximate surface area is 164 Å². The van der Waals surface area contributed by atoms with Gasteiger partial charge < -0.3 is 0 Å². The van der Waals surface area contributed by atoms with Gasteiger partial charge >= 0.3 is 0 Å². The van der Waals surface area contributed by atoms with E-state index in [1.165, 1.54) is 32.2 Å². The lowest BCUT2D eigenvalue weighted by Crippen LogP contribution is -1.94. The summed E-state index contributed by atoms with van der Waals surface area (Å²) in [5.41, 5.74) is 4.46. The molecule has 130 valence electrons. The Morgan fingerprint density at radius 3 is 2.04 bits per heavy atom. The smallest absolute Gasteiger partial charge is 0.0574 e. The van der Waals surface area contributed by atoms with Gasteiger partial charge in [0.2, 0.25) is 0 Å². The first kappa shape index (κ1) is 17.5. The maximum atomic E-state index is 2.31. The van der Waals surface area contributed by atoms with Gasteiger partial charge in [-0.15, -0.1) is 11.8 Å². The van der Waals surface area contributed by atoms with Crippen LogP contribution in [-0.2, 0) is 0 Å². The van der Waals surface area contributed by atoms with Crippen LogP contribution < -0.4 is 0 Å². The summed E-state index contributed by atoms with van der Waals surface area (Å²) in [6.07, 6.45) is 2.32. The Balaban J connectivity index is 1.76. The maximum Gasteiger partial charge on any atom is 0.0574 e. The van der Waals surface area contributed by atoms with E-state index in [0.29, 0.717) is 5.25 Å². The van der Waals surface area contributed by atoms with Crippen molar-refractivity contribution in [3.8, 4) is 0 Å². The molecule has 0 spiro atoms. The summed E-state index contributed by atoms with van der Waals surface area (Å²) in [5.74, 6) is 0. The van der Waals surface area contributed by atoms with E-state index in [1.807, 2.05) is 23.5 Å². The fraction of sp³-hybridized carbons (Fsp3) is 0.167. The fourth-order valence-electron chi connectivity index (χ4n) is 3.42. The largest absolute Gasteiger partial charge is 0.113 e. The molecule has 0 aliphatic heterocycles. The second-order valence-electron chi connectivity index (χ2n) is 6.42. The average molecular weight is 375 g/mol. The molecule has 0 bridgehead atoms. The van der Waals surface area contributed by atoms with Crippen molar-refractivity contribution in [3.63, 3.8) is 0 Å². The van der Waals surface area contributed by atoms with E-state index < -0.39 is 0 Å². The van der Waals surface area contributed by atoms with Crippen LogP contribution in [0, 0.1) is 0 Å². The highest BCUT2D eigenvalue weighted by molar-refractivity contribution is 8.08. The van der Waals surface area contributed by atoms with Gasteiger partial charge in [-0.2, -0.15) is 0 Å². The minimum absolute atomic E-state index is 0.416. The van der Waals surface area contributed by atoms with Gasteiger partial charge in [0.05, 0.1) is 5.25 Å². The Morgan fingerprint density at radius 2 is 1.35 bits per heavy atom. The molecule has 0 saturated heterocycles. The van der Waals surface area contributed by atoms with Crippen LogP contribution in [0.15, 0.2) is 100 Å². The summed E-state index contributed by atoms with van der Waals surface area (Å²) >= 11 is 3.91. The van der Waals surface area contributed by atoms with E-state index in [9.17, 15) is 0 Å². The molecule has 1 atom stereocenters. The number of hydrogen-bond acceptors (Lipinski definition) is 2. The zero-order chi connectivity index (χ0) is 17.8. The molecule has 4 rings (SSSR count). The monoisotopic (exact) mass is 374 g/mol. The quantitative estimate of drug-likeness (QED) is 0.431. The summed E-state index contributed by atoms with van der Waals surface area (Å²) in [7, 11) is 0. The van der Waals surface area contributed by atoms with Crippen molar-refractivity contribution < 1.29 is 0 Å². The van der Waals surface area contributed by atoms with Crippen molar-refractivity contribution in [3.05, 3.63) is 102 Å². The van der Waals surface area contributed by atoms with Crippen molar-refractivity contribution in [1.29, 1.82) is 0 Å². The molecule has 26 heavy (non-hydrogen) atoms. The van der Waals surface area contributed by atoms with E-state index in [2.05, 4.69) is 91.9 Å². The van der Waals surface area contributed by atoms with E-state index in [0.717, 1.165) is 6.42 Å². The van der Waals surface area contributed by atoms with E-state index in [-0.39, 0.29) is 0 Å². The van der Waals surface area contributed by atoms with E-state index >= 15 is 0 Å². The molecule has 0 amide bonds. The second kappa shape index (κ2) is 8.20. The molecule has 0 saturated carbocycles. The summed E-state index contributed by atoms with van der Waals surface area (Å²) in [4.78, 5) is 4.12. The zero-order valence-electron chi connectivity index (χ0n) is 14.9. The van der Waals surface area contributed by atoms with Crippen LogP contribution in [0.2, 0.25) is 0 Å². The third-order valence-electron chi connectivity index (χ3n) is 4.58. The molecule has 3 aromatic rings. The molecule has 1 unspecified atom stereocenters. The minimum atomic E-state index is 0.416. The number of hydrogen-bond donors (Lipinski definition) is 0. The third-order valence-corrected chi connectivity index (χ3v) is 7.09. The number of thioether (sulfide) groups is 2. The first-order chi connectivity index (χ1) is 12.9. The molecule has 1 aliphatic carbocycles. The molecule has 0 radical (unpaired) electrons. The van der Waals surface area contributed by atoms with Crippen molar-refractivity contribution in [2.24, 2.45) is 0 Å². The Hall–Kier alpha value is -1.90. The lowest BCUT2D eigenvalue weighted by Gasteiger charge is -2.16. The molecule has 1 aliphatic rings. The Morgan fingerprint density at radius 1 is 0.731 bits per heavy atom. The topological polar surface area (TPSA) is 0 Å². The minimum Gasteiger partial charge on any atom is -0.113 e. The van der Waals surface area contributed by atoms with Crippen molar-refractivity contribution in [1.82, 2.24) is 0 Å². The van der Waals surface area contributed by atoms with Crippen LogP contribution in [0.1, 0.15) is 36.1 Å². The maximum absolute atomic E-state index is 2.31. The molecular weight excluding hydrogens is 352 g/mol. The van der Waals surface area contributed by atoms with Crippen molar-refractivity contribution in [2.45, 2.75) is 34.8 Å². The second-order valence-corrected chi connectivity index (χ2v) is 8.68. The van der Waals surface area contributed by atoms with Crippen molar-refractivity contribution >= 4 is 28.4 Å². The number of fused-ring (bicyclic) bond motifs is 1. The zero-order valence-corrected chi connectivity index (χ0v) is 16.5. The van der Waals surface area contributed by atoms with Crippen molar-refractivity contribution in [2.75, 3.05) is 0 Å². The third kappa shape index (κ3) is 3.62. The molecule has 0 fully saturated rings. The number of rotatable bonds is 6. The van der Waals surface area contributed by atoms with Gasteiger partial charge in [-0.3, -0.25) is 0 Å². The SMILES string of the molecule is CCCC1=C(Sc2ccccc2)c2ccccc2C1Sc1ccccc1. The summed E-state index contributed by atoms with van der Waals surface area (Å²) < 4.78 is 0. The van der Waals surface area contributed by atoms with Gasteiger partial charge in [0, 0.05) is 14.7 Å². The van der Waals surface area contributed by atoms with E-state index in [1.54, 1.807) is 5.57 Å². The molecule has 0 nitrogen and oxygen atoms in total. The van der Waals surface area contributed by atoms with Crippen LogP contribution >= 0.6 is 23.5 Å². The molecule has 0 N–H and O–H groups in total. The predicted molar refractivity (Wildman–Crippen MR) is 116 cm³/mol. The molecule has 0 heterocycles. The fourth-order valence-corrected chi connectivity index (χ4v) is 5.97. The van der Waals surface area contributed by atoms with Gasteiger partial charge in [-0.25, -0.2) is 0 Å². The van der Waals surface area contributed by atoms with Gasteiger partial charge in [-0.1, -0.05) is 85.8 Å². The van der Waals surface area contributed by atoms with Crippen LogP contribution in [-0.4, -0.2) is 0 Å². The van der Waals surface area contributed by atoms with Gasteiger partial charge in [0.15, 0.2) is 0 Å². The lowest BCUT2D eigenvalue weighted by molar-refractivity contribution is 0.878. The van der Waals surface area contributed by atoms with Crippen LogP contribution in [0.25, 0.3) is 4.91 Å². The van der Waals surface area contributed by atoms with Crippen LogP contribution in [0.5, 0.6) is 0 Å². The van der Waals surface area contributed by atoms with Gasteiger partial charge in [0.1, 0.15) is 0 Å². The molecule has 3 aromatic carbocycles. The van der Waals surface area contributed by atoms with Gasteiger partial charge in [-0.05, 0) is 47.4 Å². The standard InChI is InChI=1S/C24H22S2/c1-2-11-22-23(25-18-12-5-3-6-13-18)20-16-9-10-17-21(20)24(22)26-19-14-7-4-8-15-19/h3-10,12-17,23H,2,11H2,1H3.